The van der Waals surface area contributed by atoms with Crippen molar-refractivity contribution in [2.45, 2.75) is 25.8 Å². The molecule has 0 bridgehead atoms. The topological polar surface area (TPSA) is 70.5 Å². The molecule has 2 rings (SSSR count). The molecule has 0 spiro atoms. The Morgan fingerprint density at radius 3 is 2.67 bits per heavy atom. The highest BCUT2D eigenvalue weighted by atomic mass is 16.4. The van der Waals surface area contributed by atoms with Gasteiger partial charge in [0, 0.05) is 25.0 Å². The first-order valence-electron chi connectivity index (χ1n) is 6.01. The summed E-state index contributed by atoms with van der Waals surface area (Å²) in [5.41, 5.74) is 0.904. The van der Waals surface area contributed by atoms with Crippen molar-refractivity contribution < 1.29 is 14.7 Å². The number of rotatable bonds is 3. The molecule has 2 heterocycles. The van der Waals surface area contributed by atoms with Crippen molar-refractivity contribution in [3.8, 4) is 0 Å². The summed E-state index contributed by atoms with van der Waals surface area (Å²) in [5, 5.41) is 9.03. The maximum atomic E-state index is 12.1. The molecule has 0 aromatic carbocycles. The summed E-state index contributed by atoms with van der Waals surface area (Å²) in [4.78, 5) is 28.7. The van der Waals surface area contributed by atoms with E-state index in [9.17, 15) is 9.59 Å². The van der Waals surface area contributed by atoms with Crippen LogP contribution in [0.1, 0.15) is 18.9 Å². The quantitative estimate of drug-likeness (QED) is 0.864. The predicted molar refractivity (Wildman–Crippen MR) is 64.9 cm³/mol. The van der Waals surface area contributed by atoms with Crippen molar-refractivity contribution in [2.24, 2.45) is 5.92 Å². The summed E-state index contributed by atoms with van der Waals surface area (Å²) in [6.45, 7) is 2.33. The molecule has 0 radical (unpaired) electrons. The van der Waals surface area contributed by atoms with Gasteiger partial charge in [-0.25, -0.2) is 0 Å². The average molecular weight is 248 g/mol. The molecule has 5 nitrogen and oxygen atoms in total. The minimum atomic E-state index is -0.818. The van der Waals surface area contributed by atoms with Gasteiger partial charge in [-0.05, 0) is 31.0 Å². The third-order valence-electron chi connectivity index (χ3n) is 3.50. The van der Waals surface area contributed by atoms with E-state index in [4.69, 9.17) is 5.11 Å². The van der Waals surface area contributed by atoms with Crippen molar-refractivity contribution in [2.75, 3.05) is 6.54 Å². The van der Waals surface area contributed by atoms with Crippen molar-refractivity contribution in [1.29, 1.82) is 0 Å². The fourth-order valence-corrected chi connectivity index (χ4v) is 2.40. The Labute approximate surface area is 105 Å². The number of hydrogen-bond acceptors (Lipinski definition) is 3. The van der Waals surface area contributed by atoms with E-state index in [1.54, 1.807) is 36.4 Å². The van der Waals surface area contributed by atoms with E-state index in [1.807, 2.05) is 0 Å². The number of nitrogens with zero attached hydrogens (tertiary/aromatic N) is 2. The first-order valence-corrected chi connectivity index (χ1v) is 6.01. The molecule has 1 N–H and O–H groups in total. The summed E-state index contributed by atoms with van der Waals surface area (Å²) in [5.74, 6) is -1.27. The van der Waals surface area contributed by atoms with Gasteiger partial charge in [-0.1, -0.05) is 0 Å². The molecule has 1 amide bonds. The van der Waals surface area contributed by atoms with Crippen LogP contribution in [0.3, 0.4) is 0 Å². The summed E-state index contributed by atoms with van der Waals surface area (Å²) < 4.78 is 0. The maximum absolute atomic E-state index is 12.1. The molecule has 18 heavy (non-hydrogen) atoms. The number of carboxylic acid groups (broad SMARTS) is 1. The van der Waals surface area contributed by atoms with Gasteiger partial charge in [-0.2, -0.15) is 0 Å². The van der Waals surface area contributed by atoms with Crippen LogP contribution in [0.5, 0.6) is 0 Å². The highest BCUT2D eigenvalue weighted by Crippen LogP contribution is 2.24. The Balaban J connectivity index is 2.01. The number of aliphatic carboxylic acids is 1. The van der Waals surface area contributed by atoms with Crippen molar-refractivity contribution in [3.05, 3.63) is 30.1 Å². The standard InChI is InChI=1S/C13H16N2O3/c1-9-11(13(17)18)4-7-15(9)12(16)8-10-2-5-14-6-3-10/h2-3,5-6,9,11H,4,7-8H2,1H3,(H,17,18). The Hall–Kier alpha value is -1.91. The van der Waals surface area contributed by atoms with Crippen LogP contribution in [0.15, 0.2) is 24.5 Å². The van der Waals surface area contributed by atoms with Gasteiger partial charge in [0.1, 0.15) is 0 Å². The Morgan fingerprint density at radius 2 is 2.11 bits per heavy atom. The van der Waals surface area contributed by atoms with E-state index >= 15 is 0 Å². The minimum absolute atomic E-state index is 0.0162. The van der Waals surface area contributed by atoms with E-state index in [0.29, 0.717) is 19.4 Å². The molecular formula is C13H16N2O3. The van der Waals surface area contributed by atoms with E-state index < -0.39 is 11.9 Å². The average Bonchev–Trinajstić information content (AvgIpc) is 2.72. The lowest BCUT2D eigenvalue weighted by molar-refractivity contribution is -0.143. The molecule has 96 valence electrons. The summed E-state index contributed by atoms with van der Waals surface area (Å²) in [7, 11) is 0. The number of carbonyl (C=O) groups excluding carboxylic acids is 1. The highest BCUT2D eigenvalue weighted by molar-refractivity contribution is 5.81. The van der Waals surface area contributed by atoms with Crippen LogP contribution in [-0.2, 0) is 16.0 Å². The largest absolute Gasteiger partial charge is 0.481 e. The van der Waals surface area contributed by atoms with Gasteiger partial charge in [0.05, 0.1) is 12.3 Å². The molecule has 1 saturated heterocycles. The molecule has 1 fully saturated rings. The zero-order chi connectivity index (χ0) is 13.1. The molecule has 1 aromatic heterocycles. The van der Waals surface area contributed by atoms with Crippen LogP contribution in [0, 0.1) is 5.92 Å². The number of hydrogen-bond donors (Lipinski definition) is 1. The fourth-order valence-electron chi connectivity index (χ4n) is 2.40. The third-order valence-corrected chi connectivity index (χ3v) is 3.50. The Kier molecular flexibility index (Phi) is 3.60. The molecular weight excluding hydrogens is 232 g/mol. The van der Waals surface area contributed by atoms with E-state index in [-0.39, 0.29) is 11.9 Å². The van der Waals surface area contributed by atoms with Crippen LogP contribution in [0.25, 0.3) is 0 Å². The van der Waals surface area contributed by atoms with E-state index in [0.717, 1.165) is 5.56 Å². The van der Waals surface area contributed by atoms with Crippen LogP contribution in [-0.4, -0.2) is 39.5 Å². The van der Waals surface area contributed by atoms with Gasteiger partial charge < -0.3 is 10.0 Å². The minimum Gasteiger partial charge on any atom is -0.481 e. The Bertz CT molecular complexity index is 447. The van der Waals surface area contributed by atoms with Crippen LogP contribution in [0.2, 0.25) is 0 Å². The number of pyridine rings is 1. The summed E-state index contributed by atoms with van der Waals surface area (Å²) >= 11 is 0. The second-order valence-corrected chi connectivity index (χ2v) is 4.59. The first-order chi connectivity index (χ1) is 8.59. The number of likely N-dealkylation sites (tertiary alicyclic amines) is 1. The predicted octanol–water partition coefficient (Wildman–Crippen LogP) is 0.946. The lowest BCUT2D eigenvalue weighted by Crippen LogP contribution is -2.38. The number of carboxylic acids is 1. The van der Waals surface area contributed by atoms with Gasteiger partial charge in [-0.3, -0.25) is 14.6 Å². The molecule has 0 aliphatic carbocycles. The monoisotopic (exact) mass is 248 g/mol. The van der Waals surface area contributed by atoms with Crippen LogP contribution >= 0.6 is 0 Å². The van der Waals surface area contributed by atoms with Crippen molar-refractivity contribution >= 4 is 11.9 Å². The molecule has 1 aromatic rings. The van der Waals surface area contributed by atoms with Gasteiger partial charge >= 0.3 is 5.97 Å². The molecule has 1 aliphatic rings. The van der Waals surface area contributed by atoms with Crippen molar-refractivity contribution in [3.63, 3.8) is 0 Å². The second kappa shape index (κ2) is 5.16. The molecule has 5 heteroatoms. The normalized spacial score (nSPS) is 23.1. The SMILES string of the molecule is CC1C(C(=O)O)CCN1C(=O)Cc1ccncc1. The highest BCUT2D eigenvalue weighted by Gasteiger charge is 2.37. The number of aromatic nitrogens is 1. The van der Waals surface area contributed by atoms with Gasteiger partial charge in [0.15, 0.2) is 0 Å². The van der Waals surface area contributed by atoms with Crippen molar-refractivity contribution in [1.82, 2.24) is 9.88 Å². The molecule has 1 aliphatic heterocycles. The lowest BCUT2D eigenvalue weighted by Gasteiger charge is -2.23. The smallest absolute Gasteiger partial charge is 0.308 e. The van der Waals surface area contributed by atoms with E-state index in [2.05, 4.69) is 4.98 Å². The van der Waals surface area contributed by atoms with Crippen LogP contribution < -0.4 is 0 Å². The second-order valence-electron chi connectivity index (χ2n) is 4.59. The number of carbonyl (C=O) groups is 2. The molecule has 0 saturated carbocycles. The maximum Gasteiger partial charge on any atom is 0.308 e. The Morgan fingerprint density at radius 1 is 1.44 bits per heavy atom. The molecule has 2 unspecified atom stereocenters. The molecule has 2 atom stereocenters. The number of amides is 1. The van der Waals surface area contributed by atoms with Gasteiger partial charge in [-0.15, -0.1) is 0 Å². The van der Waals surface area contributed by atoms with Crippen LogP contribution in [0.4, 0.5) is 0 Å². The lowest BCUT2D eigenvalue weighted by atomic mass is 10.0. The zero-order valence-electron chi connectivity index (χ0n) is 10.2. The summed E-state index contributed by atoms with van der Waals surface area (Å²) in [6.07, 6.45) is 4.14. The third kappa shape index (κ3) is 2.50. The van der Waals surface area contributed by atoms with E-state index in [1.165, 1.54) is 0 Å². The fraction of sp³-hybridized carbons (Fsp3) is 0.462. The zero-order valence-corrected chi connectivity index (χ0v) is 10.2. The van der Waals surface area contributed by atoms with Gasteiger partial charge in [0.2, 0.25) is 5.91 Å². The first kappa shape index (κ1) is 12.5. The summed E-state index contributed by atoms with van der Waals surface area (Å²) in [6, 6.07) is 3.37. The van der Waals surface area contributed by atoms with Gasteiger partial charge in [0.25, 0.3) is 0 Å².